The number of nitrogens with zero attached hydrogens (tertiary/aromatic N) is 2. The van der Waals surface area contributed by atoms with E-state index in [9.17, 15) is 0 Å². The Bertz CT molecular complexity index is 563. The van der Waals surface area contributed by atoms with Crippen LogP contribution in [0.1, 0.15) is 17.3 Å². The Hall–Kier alpha value is -0.970. The lowest BCUT2D eigenvalue weighted by atomic mass is 9.96. The quantitative estimate of drug-likeness (QED) is 0.767. The van der Waals surface area contributed by atoms with E-state index in [-0.39, 0.29) is 0 Å². The smallest absolute Gasteiger partial charge is 0.0813 e. The van der Waals surface area contributed by atoms with E-state index >= 15 is 0 Å². The van der Waals surface area contributed by atoms with E-state index in [1.807, 2.05) is 0 Å². The number of piperazine rings is 1. The van der Waals surface area contributed by atoms with Crippen molar-refractivity contribution in [3.63, 3.8) is 0 Å². The summed E-state index contributed by atoms with van der Waals surface area (Å²) in [7, 11) is 0. The molecule has 0 bridgehead atoms. The summed E-state index contributed by atoms with van der Waals surface area (Å²) in [5.41, 5.74) is 3.94. The standard InChI is InChI=1S/C13H15N3S/c1-4-16-5-3-14-8-11(16)13-9(1)7-12-10(15-13)2-6-17-12/h2,6-7,11,14H,1,3-5,8H2. The van der Waals surface area contributed by atoms with Crippen molar-refractivity contribution >= 4 is 21.6 Å². The van der Waals surface area contributed by atoms with Gasteiger partial charge in [-0.15, -0.1) is 11.3 Å². The first-order valence-electron chi connectivity index (χ1n) is 6.23. The van der Waals surface area contributed by atoms with Crippen molar-refractivity contribution in [2.75, 3.05) is 26.2 Å². The third-order valence-corrected chi connectivity index (χ3v) is 4.74. The first kappa shape index (κ1) is 10.00. The molecule has 1 fully saturated rings. The average Bonchev–Trinajstić information content (AvgIpc) is 2.83. The van der Waals surface area contributed by atoms with Gasteiger partial charge in [-0.2, -0.15) is 0 Å². The van der Waals surface area contributed by atoms with Crippen LogP contribution in [0.4, 0.5) is 0 Å². The van der Waals surface area contributed by atoms with Gasteiger partial charge in [0.15, 0.2) is 0 Å². The molecule has 3 nitrogen and oxygen atoms in total. The Labute approximate surface area is 104 Å². The second-order valence-electron chi connectivity index (χ2n) is 4.84. The number of thiophene rings is 1. The van der Waals surface area contributed by atoms with Gasteiger partial charge >= 0.3 is 0 Å². The van der Waals surface area contributed by atoms with Crippen LogP contribution >= 0.6 is 11.3 Å². The van der Waals surface area contributed by atoms with Crippen molar-refractivity contribution in [1.29, 1.82) is 0 Å². The van der Waals surface area contributed by atoms with E-state index in [1.165, 1.54) is 28.0 Å². The van der Waals surface area contributed by atoms with Crippen LogP contribution in [0.3, 0.4) is 0 Å². The van der Waals surface area contributed by atoms with E-state index < -0.39 is 0 Å². The second kappa shape index (κ2) is 3.77. The molecule has 0 spiro atoms. The van der Waals surface area contributed by atoms with Crippen LogP contribution in [0.2, 0.25) is 0 Å². The molecule has 0 radical (unpaired) electrons. The monoisotopic (exact) mass is 245 g/mol. The minimum absolute atomic E-state index is 0.497. The SMILES string of the molecule is c1cc2nc3c(cc2s1)CCN1CCNCC31. The van der Waals surface area contributed by atoms with E-state index in [4.69, 9.17) is 4.98 Å². The van der Waals surface area contributed by atoms with Crippen LogP contribution in [0.5, 0.6) is 0 Å². The fraction of sp³-hybridized carbons (Fsp3) is 0.462. The topological polar surface area (TPSA) is 28.2 Å². The first-order chi connectivity index (χ1) is 8.42. The van der Waals surface area contributed by atoms with Crippen LogP contribution in [-0.2, 0) is 6.42 Å². The zero-order valence-corrected chi connectivity index (χ0v) is 10.5. The van der Waals surface area contributed by atoms with Crippen molar-refractivity contribution in [1.82, 2.24) is 15.2 Å². The molecule has 0 aromatic carbocycles. The summed E-state index contributed by atoms with van der Waals surface area (Å²) in [4.78, 5) is 7.46. The van der Waals surface area contributed by atoms with E-state index in [1.54, 1.807) is 11.3 Å². The van der Waals surface area contributed by atoms with E-state index in [0.29, 0.717) is 6.04 Å². The summed E-state index contributed by atoms with van der Waals surface area (Å²) in [6.07, 6.45) is 1.16. The van der Waals surface area contributed by atoms with Gasteiger partial charge < -0.3 is 5.32 Å². The third kappa shape index (κ3) is 1.52. The van der Waals surface area contributed by atoms with Crippen LogP contribution in [0.15, 0.2) is 17.5 Å². The number of aromatic nitrogens is 1. The van der Waals surface area contributed by atoms with E-state index in [0.717, 1.165) is 26.1 Å². The number of hydrogen-bond acceptors (Lipinski definition) is 4. The molecule has 0 saturated carbocycles. The number of fused-ring (bicyclic) bond motifs is 4. The Morgan fingerprint density at radius 3 is 3.41 bits per heavy atom. The molecule has 4 heteroatoms. The highest BCUT2D eigenvalue weighted by molar-refractivity contribution is 7.17. The summed E-state index contributed by atoms with van der Waals surface area (Å²) >= 11 is 1.80. The van der Waals surface area contributed by atoms with Gasteiger partial charge in [-0.1, -0.05) is 0 Å². The van der Waals surface area contributed by atoms with Crippen molar-refractivity contribution in [2.24, 2.45) is 0 Å². The van der Waals surface area contributed by atoms with Gasteiger partial charge in [-0.05, 0) is 29.5 Å². The van der Waals surface area contributed by atoms with Crippen molar-refractivity contribution in [3.8, 4) is 0 Å². The maximum absolute atomic E-state index is 4.89. The maximum atomic E-state index is 4.89. The largest absolute Gasteiger partial charge is 0.313 e. The van der Waals surface area contributed by atoms with Gasteiger partial charge in [-0.3, -0.25) is 4.90 Å². The molecule has 1 saturated heterocycles. The molecule has 2 aliphatic rings. The van der Waals surface area contributed by atoms with Gasteiger partial charge in [0, 0.05) is 26.2 Å². The van der Waals surface area contributed by atoms with Crippen molar-refractivity contribution in [2.45, 2.75) is 12.5 Å². The van der Waals surface area contributed by atoms with Gasteiger partial charge in [-0.25, -0.2) is 4.98 Å². The highest BCUT2D eigenvalue weighted by Crippen LogP contribution is 2.32. The Morgan fingerprint density at radius 1 is 1.41 bits per heavy atom. The summed E-state index contributed by atoms with van der Waals surface area (Å²) in [6, 6.07) is 4.99. The van der Waals surface area contributed by atoms with Crippen molar-refractivity contribution < 1.29 is 0 Å². The molecule has 1 N–H and O–H groups in total. The van der Waals surface area contributed by atoms with Gasteiger partial charge in [0.2, 0.25) is 0 Å². The summed E-state index contributed by atoms with van der Waals surface area (Å²) in [5.74, 6) is 0. The van der Waals surface area contributed by atoms with Crippen LogP contribution in [0.25, 0.3) is 10.2 Å². The molecule has 2 aromatic rings. The van der Waals surface area contributed by atoms with Gasteiger partial charge in [0.25, 0.3) is 0 Å². The molecule has 4 heterocycles. The normalized spacial score (nSPS) is 24.6. The number of pyridine rings is 1. The molecular formula is C13H15N3S. The summed E-state index contributed by atoms with van der Waals surface area (Å²) in [6.45, 7) is 4.52. The summed E-state index contributed by atoms with van der Waals surface area (Å²) < 4.78 is 1.33. The molecule has 1 unspecified atom stereocenters. The van der Waals surface area contributed by atoms with Crippen molar-refractivity contribution in [3.05, 3.63) is 28.8 Å². The number of rotatable bonds is 0. The predicted octanol–water partition coefficient (Wildman–Crippen LogP) is 1.80. The van der Waals surface area contributed by atoms with Crippen LogP contribution < -0.4 is 5.32 Å². The van der Waals surface area contributed by atoms with Gasteiger partial charge in [0.05, 0.1) is 22.0 Å². The molecule has 2 aliphatic heterocycles. The number of hydrogen-bond donors (Lipinski definition) is 1. The fourth-order valence-corrected chi connectivity index (χ4v) is 3.77. The zero-order valence-electron chi connectivity index (χ0n) is 9.65. The molecule has 4 rings (SSSR count). The first-order valence-corrected chi connectivity index (χ1v) is 7.11. The molecule has 0 aliphatic carbocycles. The average molecular weight is 245 g/mol. The van der Waals surface area contributed by atoms with Crippen LogP contribution in [-0.4, -0.2) is 36.1 Å². The Morgan fingerprint density at radius 2 is 2.41 bits per heavy atom. The Kier molecular flexibility index (Phi) is 2.21. The molecular weight excluding hydrogens is 230 g/mol. The molecule has 1 atom stereocenters. The van der Waals surface area contributed by atoms with Crippen LogP contribution in [0, 0.1) is 0 Å². The lowest BCUT2D eigenvalue weighted by molar-refractivity contribution is 0.148. The molecule has 17 heavy (non-hydrogen) atoms. The minimum Gasteiger partial charge on any atom is -0.313 e. The molecule has 88 valence electrons. The highest BCUT2D eigenvalue weighted by Gasteiger charge is 2.30. The second-order valence-corrected chi connectivity index (χ2v) is 5.79. The maximum Gasteiger partial charge on any atom is 0.0813 e. The highest BCUT2D eigenvalue weighted by atomic mass is 32.1. The third-order valence-electron chi connectivity index (χ3n) is 3.89. The fourth-order valence-electron chi connectivity index (χ4n) is 2.98. The minimum atomic E-state index is 0.497. The molecule has 2 aromatic heterocycles. The predicted molar refractivity (Wildman–Crippen MR) is 70.5 cm³/mol. The van der Waals surface area contributed by atoms with Gasteiger partial charge in [0.1, 0.15) is 0 Å². The molecule has 0 amide bonds. The lowest BCUT2D eigenvalue weighted by Gasteiger charge is -2.40. The summed E-state index contributed by atoms with van der Waals surface area (Å²) in [5, 5.41) is 5.63. The van der Waals surface area contributed by atoms with E-state index in [2.05, 4.69) is 27.7 Å². The lowest BCUT2D eigenvalue weighted by Crippen LogP contribution is -2.49. The number of nitrogens with one attached hydrogen (secondary N) is 1. The zero-order chi connectivity index (χ0) is 11.2. The Balaban J connectivity index is 1.87.